The standard InChI is InChI=1S/C10H17N3O4/c1-6(14)8(11)4-12-10(15)9-3-7(5-16-2)17-13-9/h3,6,8,14H,4-5,11H2,1-2H3,(H,12,15). The van der Waals surface area contributed by atoms with Crippen molar-refractivity contribution in [3.8, 4) is 0 Å². The highest BCUT2D eigenvalue weighted by atomic mass is 16.5. The Bertz CT molecular complexity index is 364. The maximum Gasteiger partial charge on any atom is 0.273 e. The van der Waals surface area contributed by atoms with Crippen molar-refractivity contribution in [1.82, 2.24) is 10.5 Å². The molecule has 2 unspecified atom stereocenters. The number of carbonyl (C=O) groups excluding carboxylic acids is 1. The molecule has 1 heterocycles. The number of carbonyl (C=O) groups is 1. The molecule has 0 aliphatic heterocycles. The van der Waals surface area contributed by atoms with Crippen molar-refractivity contribution in [2.24, 2.45) is 5.73 Å². The molecule has 4 N–H and O–H groups in total. The summed E-state index contributed by atoms with van der Waals surface area (Å²) < 4.78 is 9.70. The lowest BCUT2D eigenvalue weighted by molar-refractivity contribution is 0.0928. The molecule has 96 valence electrons. The van der Waals surface area contributed by atoms with E-state index >= 15 is 0 Å². The van der Waals surface area contributed by atoms with Crippen molar-refractivity contribution >= 4 is 5.91 Å². The maximum atomic E-state index is 11.6. The summed E-state index contributed by atoms with van der Waals surface area (Å²) in [5.74, 6) is 0.0738. The van der Waals surface area contributed by atoms with Crippen LogP contribution in [0.25, 0.3) is 0 Å². The zero-order valence-corrected chi connectivity index (χ0v) is 9.84. The Morgan fingerprint density at radius 1 is 1.76 bits per heavy atom. The fraction of sp³-hybridized carbons (Fsp3) is 0.600. The molecule has 0 fully saturated rings. The van der Waals surface area contributed by atoms with E-state index in [-0.39, 0.29) is 18.8 Å². The molecule has 0 radical (unpaired) electrons. The molecule has 0 aromatic carbocycles. The first-order chi connectivity index (χ1) is 8.04. The Morgan fingerprint density at radius 3 is 3.06 bits per heavy atom. The van der Waals surface area contributed by atoms with Crippen LogP contribution in [0.1, 0.15) is 23.2 Å². The summed E-state index contributed by atoms with van der Waals surface area (Å²) in [5, 5.41) is 15.3. The van der Waals surface area contributed by atoms with Crippen LogP contribution in [0.5, 0.6) is 0 Å². The van der Waals surface area contributed by atoms with Crippen LogP contribution >= 0.6 is 0 Å². The van der Waals surface area contributed by atoms with Gasteiger partial charge in [-0.3, -0.25) is 4.79 Å². The number of hydrogen-bond donors (Lipinski definition) is 3. The fourth-order valence-electron chi connectivity index (χ4n) is 1.10. The van der Waals surface area contributed by atoms with Gasteiger partial charge in [-0.15, -0.1) is 0 Å². The van der Waals surface area contributed by atoms with Gasteiger partial charge in [0.15, 0.2) is 11.5 Å². The molecule has 1 aromatic heterocycles. The first kappa shape index (κ1) is 13.6. The number of hydrogen-bond acceptors (Lipinski definition) is 6. The Balaban J connectivity index is 2.46. The smallest absolute Gasteiger partial charge is 0.273 e. The van der Waals surface area contributed by atoms with E-state index in [1.807, 2.05) is 0 Å². The lowest BCUT2D eigenvalue weighted by atomic mass is 10.2. The molecule has 1 amide bonds. The summed E-state index contributed by atoms with van der Waals surface area (Å²) in [6.45, 7) is 1.99. The van der Waals surface area contributed by atoms with Gasteiger partial charge in [0.1, 0.15) is 6.61 Å². The Labute approximate surface area is 98.9 Å². The molecular formula is C10H17N3O4. The lowest BCUT2D eigenvalue weighted by Crippen LogP contribution is -2.43. The van der Waals surface area contributed by atoms with Crippen molar-refractivity contribution in [3.63, 3.8) is 0 Å². The third-order valence-corrected chi connectivity index (χ3v) is 2.20. The van der Waals surface area contributed by atoms with E-state index in [0.717, 1.165) is 0 Å². The fourth-order valence-corrected chi connectivity index (χ4v) is 1.10. The first-order valence-electron chi connectivity index (χ1n) is 5.21. The van der Waals surface area contributed by atoms with Gasteiger partial charge in [-0.05, 0) is 6.92 Å². The van der Waals surface area contributed by atoms with Gasteiger partial charge in [-0.25, -0.2) is 0 Å². The van der Waals surface area contributed by atoms with Gasteiger partial charge < -0.3 is 25.4 Å². The number of aliphatic hydroxyl groups excluding tert-OH is 1. The molecule has 0 bridgehead atoms. The normalized spacial score (nSPS) is 14.4. The van der Waals surface area contributed by atoms with Crippen molar-refractivity contribution in [2.75, 3.05) is 13.7 Å². The minimum atomic E-state index is -0.684. The molecule has 0 aliphatic carbocycles. The molecule has 7 heteroatoms. The van der Waals surface area contributed by atoms with E-state index in [2.05, 4.69) is 10.5 Å². The molecule has 0 saturated carbocycles. The Hall–Kier alpha value is -1.44. The average molecular weight is 243 g/mol. The number of aliphatic hydroxyl groups is 1. The number of methoxy groups -OCH3 is 1. The van der Waals surface area contributed by atoms with Crippen LogP contribution in [0.15, 0.2) is 10.6 Å². The molecular weight excluding hydrogens is 226 g/mol. The summed E-state index contributed by atoms with van der Waals surface area (Å²) in [6.07, 6.45) is -0.684. The van der Waals surface area contributed by atoms with Crippen molar-refractivity contribution < 1.29 is 19.2 Å². The second-order valence-corrected chi connectivity index (χ2v) is 3.73. The molecule has 0 aliphatic rings. The second-order valence-electron chi connectivity index (χ2n) is 3.73. The number of nitrogens with zero attached hydrogens (tertiary/aromatic N) is 1. The van der Waals surface area contributed by atoms with Crippen molar-refractivity contribution in [1.29, 1.82) is 0 Å². The van der Waals surface area contributed by atoms with Crippen molar-refractivity contribution in [3.05, 3.63) is 17.5 Å². The molecule has 2 atom stereocenters. The zero-order chi connectivity index (χ0) is 12.8. The molecule has 1 rings (SSSR count). The van der Waals surface area contributed by atoms with E-state index in [1.54, 1.807) is 6.92 Å². The molecule has 0 spiro atoms. The van der Waals surface area contributed by atoms with Crippen LogP contribution in [-0.4, -0.2) is 42.0 Å². The first-order valence-corrected chi connectivity index (χ1v) is 5.21. The van der Waals surface area contributed by atoms with Gasteiger partial charge in [0.25, 0.3) is 5.91 Å². The van der Waals surface area contributed by atoms with Gasteiger partial charge >= 0.3 is 0 Å². The van der Waals surface area contributed by atoms with Gasteiger partial charge in [0.05, 0.1) is 6.10 Å². The average Bonchev–Trinajstić information content (AvgIpc) is 2.74. The maximum absolute atomic E-state index is 11.6. The van der Waals surface area contributed by atoms with Crippen LogP contribution in [0.2, 0.25) is 0 Å². The highest BCUT2D eigenvalue weighted by molar-refractivity contribution is 5.92. The van der Waals surface area contributed by atoms with Crippen LogP contribution in [0.3, 0.4) is 0 Å². The van der Waals surface area contributed by atoms with E-state index in [4.69, 9.17) is 20.1 Å². The SMILES string of the molecule is COCc1cc(C(=O)NCC(N)C(C)O)no1. The highest BCUT2D eigenvalue weighted by Crippen LogP contribution is 2.04. The zero-order valence-electron chi connectivity index (χ0n) is 9.84. The van der Waals surface area contributed by atoms with E-state index in [1.165, 1.54) is 13.2 Å². The molecule has 17 heavy (non-hydrogen) atoms. The molecule has 0 saturated heterocycles. The highest BCUT2D eigenvalue weighted by Gasteiger charge is 2.15. The largest absolute Gasteiger partial charge is 0.392 e. The third-order valence-electron chi connectivity index (χ3n) is 2.20. The predicted molar refractivity (Wildman–Crippen MR) is 59.2 cm³/mol. The van der Waals surface area contributed by atoms with E-state index in [0.29, 0.717) is 5.76 Å². The van der Waals surface area contributed by atoms with Crippen LogP contribution in [-0.2, 0) is 11.3 Å². The van der Waals surface area contributed by atoms with Gasteiger partial charge in [-0.2, -0.15) is 0 Å². The summed E-state index contributed by atoms with van der Waals surface area (Å²) in [5.41, 5.74) is 5.73. The number of rotatable bonds is 6. The van der Waals surface area contributed by atoms with Crippen LogP contribution in [0, 0.1) is 0 Å². The number of aromatic nitrogens is 1. The lowest BCUT2D eigenvalue weighted by Gasteiger charge is -2.14. The Morgan fingerprint density at radius 2 is 2.47 bits per heavy atom. The molecule has 7 nitrogen and oxygen atoms in total. The third kappa shape index (κ3) is 4.14. The van der Waals surface area contributed by atoms with Gasteiger partial charge in [0, 0.05) is 25.8 Å². The topological polar surface area (TPSA) is 111 Å². The van der Waals surface area contributed by atoms with E-state index in [9.17, 15) is 4.79 Å². The van der Waals surface area contributed by atoms with Crippen LogP contribution in [0.4, 0.5) is 0 Å². The predicted octanol–water partition coefficient (Wildman–Crippen LogP) is -0.741. The second kappa shape index (κ2) is 6.33. The number of nitrogens with one attached hydrogen (secondary N) is 1. The van der Waals surface area contributed by atoms with Gasteiger partial charge in [0.2, 0.25) is 0 Å². The number of nitrogens with two attached hydrogens (primary N) is 1. The minimum absolute atomic E-state index is 0.162. The summed E-state index contributed by atoms with van der Waals surface area (Å²) in [7, 11) is 1.52. The number of amides is 1. The minimum Gasteiger partial charge on any atom is -0.392 e. The summed E-state index contributed by atoms with van der Waals surface area (Å²) >= 11 is 0. The number of ether oxygens (including phenoxy) is 1. The summed E-state index contributed by atoms with van der Waals surface area (Å²) in [6, 6.07) is 0.983. The van der Waals surface area contributed by atoms with Crippen molar-refractivity contribution in [2.45, 2.75) is 25.7 Å². The quantitative estimate of drug-likeness (QED) is 0.607. The van der Waals surface area contributed by atoms with Crippen LogP contribution < -0.4 is 11.1 Å². The Kier molecular flexibility index (Phi) is 5.08. The molecule has 1 aromatic rings. The monoisotopic (exact) mass is 243 g/mol. The summed E-state index contributed by atoms with van der Waals surface area (Å²) in [4.78, 5) is 11.6. The van der Waals surface area contributed by atoms with E-state index < -0.39 is 18.1 Å². The van der Waals surface area contributed by atoms with Gasteiger partial charge in [-0.1, -0.05) is 5.16 Å².